The predicted molar refractivity (Wildman–Crippen MR) is 85.6 cm³/mol. The molecular weight excluding hydrogens is 278 g/mol. The third-order valence-corrected chi connectivity index (χ3v) is 3.53. The van der Waals surface area contributed by atoms with E-state index in [1.807, 2.05) is 44.3 Å². The number of aromatic nitrogens is 2. The average Bonchev–Trinajstić information content (AvgIpc) is 2.82. The molecule has 0 aliphatic rings. The number of anilines is 1. The van der Waals surface area contributed by atoms with Crippen molar-refractivity contribution in [3.05, 3.63) is 59.5 Å². The van der Waals surface area contributed by atoms with E-state index in [1.54, 1.807) is 23.6 Å². The summed E-state index contributed by atoms with van der Waals surface area (Å²) in [6.45, 7) is 3.83. The third-order valence-electron chi connectivity index (χ3n) is 3.53. The fourth-order valence-electron chi connectivity index (χ4n) is 2.47. The van der Waals surface area contributed by atoms with Crippen molar-refractivity contribution in [1.29, 1.82) is 0 Å². The summed E-state index contributed by atoms with van der Waals surface area (Å²) in [6, 6.07) is 11.2. The Hall–Kier alpha value is -2.82. The van der Waals surface area contributed by atoms with Crippen LogP contribution in [-0.4, -0.2) is 22.4 Å². The lowest BCUT2D eigenvalue weighted by Gasteiger charge is -2.10. The smallest absolute Gasteiger partial charge is 0.274 e. The first-order valence-corrected chi connectivity index (χ1v) is 7.00. The molecule has 0 bridgehead atoms. The van der Waals surface area contributed by atoms with Gasteiger partial charge in [0.1, 0.15) is 17.1 Å². The van der Waals surface area contributed by atoms with Gasteiger partial charge in [-0.15, -0.1) is 0 Å². The average molecular weight is 295 g/mol. The Kier molecular flexibility index (Phi) is 3.55. The molecule has 112 valence electrons. The second-order valence-corrected chi connectivity index (χ2v) is 5.13. The molecule has 0 saturated carbocycles. The van der Waals surface area contributed by atoms with Crippen LogP contribution in [0.2, 0.25) is 0 Å². The minimum absolute atomic E-state index is 0.210. The van der Waals surface area contributed by atoms with Gasteiger partial charge in [0.15, 0.2) is 0 Å². The largest absolute Gasteiger partial charge is 0.495 e. The standard InChI is InChI=1S/C17H17N3O2/c1-11-8-9-20-15(10-11)18-12(2)16(20)17(21)19-13-6-4-5-7-14(13)22-3/h4-10H,1-3H3,(H,19,21). The highest BCUT2D eigenvalue weighted by atomic mass is 16.5. The highest BCUT2D eigenvalue weighted by Crippen LogP contribution is 2.24. The van der Waals surface area contributed by atoms with Crippen molar-refractivity contribution in [2.75, 3.05) is 12.4 Å². The summed E-state index contributed by atoms with van der Waals surface area (Å²) in [6.07, 6.45) is 1.86. The molecule has 0 fully saturated rings. The molecule has 22 heavy (non-hydrogen) atoms. The summed E-state index contributed by atoms with van der Waals surface area (Å²) in [4.78, 5) is 17.1. The summed E-state index contributed by atoms with van der Waals surface area (Å²) in [5.41, 5.74) is 3.73. The lowest BCUT2D eigenvalue weighted by molar-refractivity contribution is 0.102. The number of pyridine rings is 1. The molecule has 2 aromatic heterocycles. The van der Waals surface area contributed by atoms with Gasteiger partial charge in [-0.05, 0) is 43.7 Å². The van der Waals surface area contributed by atoms with E-state index >= 15 is 0 Å². The van der Waals surface area contributed by atoms with Crippen molar-refractivity contribution >= 4 is 17.2 Å². The van der Waals surface area contributed by atoms with Crippen LogP contribution in [0.25, 0.3) is 5.65 Å². The number of nitrogens with zero attached hydrogens (tertiary/aromatic N) is 2. The van der Waals surface area contributed by atoms with E-state index in [2.05, 4.69) is 10.3 Å². The Morgan fingerprint density at radius 3 is 2.77 bits per heavy atom. The molecule has 1 amide bonds. The molecular formula is C17H17N3O2. The summed E-state index contributed by atoms with van der Waals surface area (Å²) in [7, 11) is 1.58. The van der Waals surface area contributed by atoms with Gasteiger partial charge >= 0.3 is 0 Å². The Morgan fingerprint density at radius 2 is 2.00 bits per heavy atom. The van der Waals surface area contributed by atoms with E-state index < -0.39 is 0 Å². The van der Waals surface area contributed by atoms with E-state index in [-0.39, 0.29) is 5.91 Å². The summed E-state index contributed by atoms with van der Waals surface area (Å²) in [5, 5.41) is 2.89. The number of rotatable bonds is 3. The second-order valence-electron chi connectivity index (χ2n) is 5.13. The van der Waals surface area contributed by atoms with Crippen molar-refractivity contribution in [3.63, 3.8) is 0 Å². The van der Waals surface area contributed by atoms with Crippen molar-refractivity contribution in [3.8, 4) is 5.75 Å². The number of carbonyl (C=O) groups excluding carboxylic acids is 1. The molecule has 1 N–H and O–H groups in total. The maximum atomic E-state index is 12.6. The molecule has 1 aromatic carbocycles. The van der Waals surface area contributed by atoms with Crippen LogP contribution >= 0.6 is 0 Å². The van der Waals surface area contributed by atoms with Crippen LogP contribution < -0.4 is 10.1 Å². The van der Waals surface area contributed by atoms with Crippen molar-refractivity contribution < 1.29 is 9.53 Å². The van der Waals surface area contributed by atoms with Crippen LogP contribution in [0.3, 0.4) is 0 Å². The maximum absolute atomic E-state index is 12.6. The van der Waals surface area contributed by atoms with Crippen molar-refractivity contribution in [2.45, 2.75) is 13.8 Å². The predicted octanol–water partition coefficient (Wildman–Crippen LogP) is 3.21. The van der Waals surface area contributed by atoms with Gasteiger partial charge in [-0.1, -0.05) is 12.1 Å². The minimum atomic E-state index is -0.210. The van der Waals surface area contributed by atoms with E-state index in [4.69, 9.17) is 4.74 Å². The van der Waals surface area contributed by atoms with Gasteiger partial charge in [0.2, 0.25) is 0 Å². The zero-order valence-corrected chi connectivity index (χ0v) is 12.8. The number of methoxy groups -OCH3 is 1. The second kappa shape index (κ2) is 5.52. The number of hydrogen-bond donors (Lipinski definition) is 1. The number of nitrogens with one attached hydrogen (secondary N) is 1. The topological polar surface area (TPSA) is 55.6 Å². The van der Waals surface area contributed by atoms with Gasteiger partial charge in [-0.2, -0.15) is 0 Å². The number of para-hydroxylation sites is 2. The molecule has 0 atom stereocenters. The van der Waals surface area contributed by atoms with Gasteiger partial charge in [0.25, 0.3) is 5.91 Å². The number of carbonyl (C=O) groups is 1. The first-order valence-electron chi connectivity index (χ1n) is 7.00. The molecule has 5 nitrogen and oxygen atoms in total. The number of ether oxygens (including phenoxy) is 1. The van der Waals surface area contributed by atoms with Gasteiger partial charge < -0.3 is 10.1 Å². The number of aryl methyl sites for hydroxylation is 2. The van der Waals surface area contributed by atoms with Gasteiger partial charge in [0.05, 0.1) is 18.5 Å². The lowest BCUT2D eigenvalue weighted by Crippen LogP contribution is -2.16. The number of imidazole rings is 1. The quantitative estimate of drug-likeness (QED) is 0.807. The summed E-state index contributed by atoms with van der Waals surface area (Å²) >= 11 is 0. The van der Waals surface area contributed by atoms with Crippen LogP contribution in [0, 0.1) is 13.8 Å². The Balaban J connectivity index is 2.00. The first-order chi connectivity index (χ1) is 10.6. The monoisotopic (exact) mass is 295 g/mol. The molecule has 0 aliphatic carbocycles. The molecule has 0 spiro atoms. The SMILES string of the molecule is COc1ccccc1NC(=O)c1c(C)nc2cc(C)ccn12. The van der Waals surface area contributed by atoms with E-state index in [0.29, 0.717) is 22.8 Å². The highest BCUT2D eigenvalue weighted by Gasteiger charge is 2.17. The number of amides is 1. The van der Waals surface area contributed by atoms with Crippen LogP contribution in [0.5, 0.6) is 5.75 Å². The van der Waals surface area contributed by atoms with E-state index in [1.165, 1.54) is 0 Å². The van der Waals surface area contributed by atoms with Crippen LogP contribution in [0.15, 0.2) is 42.6 Å². The van der Waals surface area contributed by atoms with Gasteiger partial charge in [-0.3, -0.25) is 9.20 Å². The Morgan fingerprint density at radius 1 is 1.23 bits per heavy atom. The molecule has 3 rings (SSSR count). The Bertz CT molecular complexity index is 852. The fourth-order valence-corrected chi connectivity index (χ4v) is 2.47. The first kappa shape index (κ1) is 14.1. The van der Waals surface area contributed by atoms with Crippen LogP contribution in [-0.2, 0) is 0 Å². The highest BCUT2D eigenvalue weighted by molar-refractivity contribution is 6.05. The van der Waals surface area contributed by atoms with Crippen molar-refractivity contribution in [2.24, 2.45) is 0 Å². The molecule has 0 radical (unpaired) electrons. The lowest BCUT2D eigenvalue weighted by atomic mass is 10.2. The zero-order chi connectivity index (χ0) is 15.7. The molecule has 5 heteroatoms. The van der Waals surface area contributed by atoms with Crippen molar-refractivity contribution in [1.82, 2.24) is 9.38 Å². The van der Waals surface area contributed by atoms with Gasteiger partial charge in [-0.25, -0.2) is 4.98 Å². The van der Waals surface area contributed by atoms with Crippen LogP contribution in [0.1, 0.15) is 21.7 Å². The minimum Gasteiger partial charge on any atom is -0.495 e. The molecule has 0 saturated heterocycles. The number of hydrogen-bond acceptors (Lipinski definition) is 3. The maximum Gasteiger partial charge on any atom is 0.274 e. The zero-order valence-electron chi connectivity index (χ0n) is 12.8. The fraction of sp³-hybridized carbons (Fsp3) is 0.176. The van der Waals surface area contributed by atoms with E-state index in [9.17, 15) is 4.79 Å². The molecule has 2 heterocycles. The number of fused-ring (bicyclic) bond motifs is 1. The Labute approximate surface area is 128 Å². The van der Waals surface area contributed by atoms with E-state index in [0.717, 1.165) is 11.2 Å². The normalized spacial score (nSPS) is 10.7. The third kappa shape index (κ3) is 2.41. The van der Waals surface area contributed by atoms with Crippen LogP contribution in [0.4, 0.5) is 5.69 Å². The van der Waals surface area contributed by atoms with Gasteiger partial charge in [0, 0.05) is 6.20 Å². The molecule has 0 unspecified atom stereocenters. The molecule has 3 aromatic rings. The summed E-state index contributed by atoms with van der Waals surface area (Å²) < 4.78 is 7.06. The number of benzene rings is 1. The molecule has 0 aliphatic heterocycles. The summed E-state index contributed by atoms with van der Waals surface area (Å²) in [5.74, 6) is 0.413.